The van der Waals surface area contributed by atoms with Gasteiger partial charge in [-0.1, -0.05) is 69.9 Å². The minimum absolute atomic E-state index is 0.0664. The third-order valence-electron chi connectivity index (χ3n) is 3.62. The zero-order valence-corrected chi connectivity index (χ0v) is 15.7. The fourth-order valence-electron chi connectivity index (χ4n) is 2.38. The molecule has 0 saturated heterocycles. The summed E-state index contributed by atoms with van der Waals surface area (Å²) in [4.78, 5) is 0. The first-order chi connectivity index (χ1) is 10.8. The van der Waals surface area contributed by atoms with E-state index in [0.717, 1.165) is 22.5 Å². The maximum Gasteiger partial charge on any atom is 0.139 e. The van der Waals surface area contributed by atoms with Gasteiger partial charge < -0.3 is 4.42 Å². The quantitative estimate of drug-likeness (QED) is 0.527. The predicted molar refractivity (Wildman–Crippen MR) is 105 cm³/mol. The molecule has 1 aromatic carbocycles. The zero-order valence-electron chi connectivity index (χ0n) is 15.7. The molecule has 0 spiro atoms. The number of hydrogen-bond donors (Lipinski definition) is 0. The van der Waals surface area contributed by atoms with E-state index in [2.05, 4.69) is 51.6 Å². The van der Waals surface area contributed by atoms with Gasteiger partial charge in [0.25, 0.3) is 0 Å². The van der Waals surface area contributed by atoms with Gasteiger partial charge >= 0.3 is 0 Å². The highest BCUT2D eigenvalue weighted by Crippen LogP contribution is 2.37. The molecular weight excluding hydrogens is 280 g/mol. The van der Waals surface area contributed by atoms with E-state index in [4.69, 9.17) is 4.42 Å². The van der Waals surface area contributed by atoms with Crippen molar-refractivity contribution in [3.8, 4) is 0 Å². The van der Waals surface area contributed by atoms with Gasteiger partial charge in [0.2, 0.25) is 0 Å². The number of rotatable bonds is 2. The van der Waals surface area contributed by atoms with Crippen molar-refractivity contribution < 1.29 is 4.42 Å². The number of furan rings is 1. The minimum Gasteiger partial charge on any atom is -0.455 e. The van der Waals surface area contributed by atoms with Crippen molar-refractivity contribution in [2.75, 3.05) is 0 Å². The number of allylic oxidation sites excluding steroid dienone is 4. The summed E-state index contributed by atoms with van der Waals surface area (Å²) in [6.45, 7) is 18.7. The molecule has 0 unspecified atom stereocenters. The van der Waals surface area contributed by atoms with Crippen molar-refractivity contribution in [3.05, 3.63) is 59.9 Å². The maximum absolute atomic E-state index is 6.12. The van der Waals surface area contributed by atoms with Crippen LogP contribution in [-0.2, 0) is 5.41 Å². The van der Waals surface area contributed by atoms with Crippen LogP contribution in [0.5, 0.6) is 0 Å². The summed E-state index contributed by atoms with van der Waals surface area (Å²) in [5.41, 5.74) is 4.39. The van der Waals surface area contributed by atoms with Crippen LogP contribution in [0, 0.1) is 0 Å². The van der Waals surface area contributed by atoms with Crippen molar-refractivity contribution in [1.29, 1.82) is 0 Å². The molecule has 124 valence electrons. The minimum atomic E-state index is 0.0664. The normalized spacial score (nSPS) is 12.0. The summed E-state index contributed by atoms with van der Waals surface area (Å²) in [6, 6.07) is 6.37. The molecule has 0 fully saturated rings. The molecule has 0 aliphatic carbocycles. The molecular formula is C22H30O. The second-order valence-electron chi connectivity index (χ2n) is 6.72. The van der Waals surface area contributed by atoms with E-state index in [9.17, 15) is 0 Å². The van der Waals surface area contributed by atoms with E-state index < -0.39 is 0 Å². The van der Waals surface area contributed by atoms with Gasteiger partial charge in [0.05, 0.1) is 0 Å². The van der Waals surface area contributed by atoms with Crippen LogP contribution < -0.4 is 0 Å². The predicted octanol–water partition coefficient (Wildman–Crippen LogP) is 7.38. The van der Waals surface area contributed by atoms with Crippen molar-refractivity contribution in [2.45, 2.75) is 53.9 Å². The second-order valence-corrected chi connectivity index (χ2v) is 6.72. The zero-order chi connectivity index (χ0) is 17.6. The summed E-state index contributed by atoms with van der Waals surface area (Å²) >= 11 is 0. The van der Waals surface area contributed by atoms with Gasteiger partial charge in [-0.05, 0) is 38.7 Å². The smallest absolute Gasteiger partial charge is 0.139 e. The Morgan fingerprint density at radius 2 is 1.65 bits per heavy atom. The average Bonchev–Trinajstić information content (AvgIpc) is 2.86. The fraction of sp³-hybridized carbons (Fsp3) is 0.364. The van der Waals surface area contributed by atoms with E-state index in [1.807, 2.05) is 45.9 Å². The van der Waals surface area contributed by atoms with E-state index in [1.54, 1.807) is 0 Å². The Labute approximate surface area is 141 Å². The highest BCUT2D eigenvalue weighted by molar-refractivity contribution is 5.94. The number of fused-ring (bicyclic) bond motifs is 1. The van der Waals surface area contributed by atoms with Gasteiger partial charge in [-0.25, -0.2) is 0 Å². The van der Waals surface area contributed by atoms with Crippen LogP contribution in [0.25, 0.3) is 22.6 Å². The van der Waals surface area contributed by atoms with Crippen molar-refractivity contribution in [2.24, 2.45) is 0 Å². The van der Waals surface area contributed by atoms with Crippen LogP contribution >= 0.6 is 0 Å². The summed E-state index contributed by atoms with van der Waals surface area (Å²) < 4.78 is 6.12. The lowest BCUT2D eigenvalue weighted by molar-refractivity contribution is 0.552. The molecule has 1 heteroatoms. The number of hydrogen-bond acceptors (Lipinski definition) is 1. The van der Waals surface area contributed by atoms with Gasteiger partial charge in [-0.3, -0.25) is 0 Å². The molecule has 0 atom stereocenters. The highest BCUT2D eigenvalue weighted by atomic mass is 16.3. The van der Waals surface area contributed by atoms with Crippen molar-refractivity contribution in [3.63, 3.8) is 0 Å². The molecule has 0 aliphatic rings. The molecule has 0 bridgehead atoms. The van der Waals surface area contributed by atoms with Crippen molar-refractivity contribution >= 4 is 22.6 Å². The van der Waals surface area contributed by atoms with Gasteiger partial charge in [0, 0.05) is 16.5 Å². The average molecular weight is 310 g/mol. The first kappa shape index (κ1) is 19.0. The molecule has 1 nitrogen and oxygen atoms in total. The summed E-state index contributed by atoms with van der Waals surface area (Å²) in [5.74, 6) is 0.893. The van der Waals surface area contributed by atoms with E-state index in [1.165, 1.54) is 10.9 Å². The fourth-order valence-corrected chi connectivity index (χ4v) is 2.38. The van der Waals surface area contributed by atoms with E-state index >= 15 is 0 Å². The Bertz CT molecular complexity index is 714. The Hall–Kier alpha value is -2.02. The molecule has 0 aliphatic heterocycles. The number of benzene rings is 1. The van der Waals surface area contributed by atoms with Crippen LogP contribution in [-0.4, -0.2) is 0 Å². The first-order valence-corrected chi connectivity index (χ1v) is 8.19. The van der Waals surface area contributed by atoms with Crippen LogP contribution in [0.15, 0.2) is 47.4 Å². The van der Waals surface area contributed by atoms with Crippen LogP contribution in [0.3, 0.4) is 0 Å². The third-order valence-corrected chi connectivity index (χ3v) is 3.62. The second kappa shape index (κ2) is 8.01. The van der Waals surface area contributed by atoms with Crippen LogP contribution in [0.2, 0.25) is 0 Å². The molecule has 2 aromatic rings. The highest BCUT2D eigenvalue weighted by Gasteiger charge is 2.22. The maximum atomic E-state index is 6.12. The topological polar surface area (TPSA) is 13.1 Å². The SMILES string of the molecule is C/C=C\C.C=C(C)c1oc2c(C(C)(C)C)cccc2c1/C=C\C. The van der Waals surface area contributed by atoms with Gasteiger partial charge in [-0.2, -0.15) is 0 Å². The van der Waals surface area contributed by atoms with Crippen LogP contribution in [0.1, 0.15) is 65.4 Å². The molecule has 0 N–H and O–H groups in total. The lowest BCUT2D eigenvalue weighted by atomic mass is 9.86. The molecule has 0 amide bonds. The standard InChI is InChI=1S/C18H22O.C4H8/c1-7-9-13-14-10-8-11-15(18(4,5)6)17(14)19-16(13)12(2)3;1-3-4-2/h7-11H,2H2,1,3-6H3;3-4H,1-2H3/b9-7-;4-3-. The largest absolute Gasteiger partial charge is 0.455 e. The Morgan fingerprint density at radius 3 is 2.09 bits per heavy atom. The lowest BCUT2D eigenvalue weighted by Crippen LogP contribution is -2.10. The third kappa shape index (κ3) is 4.48. The Kier molecular flexibility index (Phi) is 6.62. The molecule has 0 radical (unpaired) electrons. The Morgan fingerprint density at radius 1 is 1.04 bits per heavy atom. The molecule has 2 rings (SSSR count). The summed E-state index contributed by atoms with van der Waals surface area (Å²) in [5, 5.41) is 1.17. The lowest BCUT2D eigenvalue weighted by Gasteiger charge is -2.18. The Balaban J connectivity index is 0.000000593. The molecule has 0 saturated carbocycles. The molecule has 23 heavy (non-hydrogen) atoms. The van der Waals surface area contributed by atoms with Gasteiger partial charge in [-0.15, -0.1) is 0 Å². The van der Waals surface area contributed by atoms with Crippen molar-refractivity contribution in [1.82, 2.24) is 0 Å². The molecule has 1 heterocycles. The summed E-state index contributed by atoms with van der Waals surface area (Å²) in [7, 11) is 0. The van der Waals surface area contributed by atoms with Gasteiger partial charge in [0.15, 0.2) is 0 Å². The van der Waals surface area contributed by atoms with E-state index in [-0.39, 0.29) is 5.41 Å². The molecule has 1 aromatic heterocycles. The first-order valence-electron chi connectivity index (χ1n) is 8.19. The number of para-hydroxylation sites is 1. The summed E-state index contributed by atoms with van der Waals surface area (Å²) in [6.07, 6.45) is 8.14. The van der Waals surface area contributed by atoms with Gasteiger partial charge in [0.1, 0.15) is 11.3 Å². The van der Waals surface area contributed by atoms with E-state index in [0.29, 0.717) is 0 Å². The van der Waals surface area contributed by atoms with Crippen LogP contribution in [0.4, 0.5) is 0 Å². The monoisotopic (exact) mass is 310 g/mol.